The second-order valence-electron chi connectivity index (χ2n) is 1.96. The molecular formula is C6H8ClNOS. The van der Waals surface area contributed by atoms with Crippen molar-refractivity contribution in [2.24, 2.45) is 0 Å². The SMILES string of the molecule is Cc1cnc(C(Cl)CO)s1. The van der Waals surface area contributed by atoms with Crippen molar-refractivity contribution in [3.63, 3.8) is 0 Å². The molecule has 2 nitrogen and oxygen atoms in total. The fraction of sp³-hybridized carbons (Fsp3) is 0.500. The fourth-order valence-electron chi connectivity index (χ4n) is 0.595. The third-order valence-corrected chi connectivity index (χ3v) is 2.57. The summed E-state index contributed by atoms with van der Waals surface area (Å²) in [5, 5.41) is 9.09. The Balaban J connectivity index is 2.74. The average molecular weight is 178 g/mol. The molecule has 1 atom stereocenters. The number of hydrogen-bond acceptors (Lipinski definition) is 3. The Morgan fingerprint density at radius 3 is 3.00 bits per heavy atom. The fourth-order valence-corrected chi connectivity index (χ4v) is 1.53. The minimum Gasteiger partial charge on any atom is -0.394 e. The maximum absolute atomic E-state index is 8.63. The van der Waals surface area contributed by atoms with Crippen LogP contribution in [-0.2, 0) is 0 Å². The van der Waals surface area contributed by atoms with Gasteiger partial charge in [0, 0.05) is 11.1 Å². The summed E-state index contributed by atoms with van der Waals surface area (Å²) in [4.78, 5) is 5.13. The standard InChI is InChI=1S/C6H8ClNOS/c1-4-2-8-6(10-4)5(7)3-9/h2,5,9H,3H2,1H3. The summed E-state index contributed by atoms with van der Waals surface area (Å²) in [6.45, 7) is 1.91. The molecule has 1 unspecified atom stereocenters. The molecule has 4 heteroatoms. The van der Waals surface area contributed by atoms with E-state index in [0.29, 0.717) is 0 Å². The quantitative estimate of drug-likeness (QED) is 0.698. The monoisotopic (exact) mass is 177 g/mol. The summed E-state index contributed by atoms with van der Waals surface area (Å²) in [6, 6.07) is 0. The Morgan fingerprint density at radius 1 is 1.90 bits per heavy atom. The van der Waals surface area contributed by atoms with E-state index in [-0.39, 0.29) is 12.0 Å². The van der Waals surface area contributed by atoms with Crippen molar-refractivity contribution in [3.05, 3.63) is 16.1 Å². The van der Waals surface area contributed by atoms with Gasteiger partial charge in [-0.3, -0.25) is 0 Å². The van der Waals surface area contributed by atoms with Gasteiger partial charge in [-0.1, -0.05) is 0 Å². The molecule has 0 fully saturated rings. The molecule has 0 aliphatic heterocycles. The maximum Gasteiger partial charge on any atom is 0.113 e. The Bertz CT molecular complexity index is 213. The number of thiazole rings is 1. The lowest BCUT2D eigenvalue weighted by molar-refractivity contribution is 0.294. The van der Waals surface area contributed by atoms with Gasteiger partial charge < -0.3 is 5.11 Å². The van der Waals surface area contributed by atoms with Crippen LogP contribution in [0.25, 0.3) is 0 Å². The summed E-state index contributed by atoms with van der Waals surface area (Å²) >= 11 is 7.22. The van der Waals surface area contributed by atoms with Gasteiger partial charge in [-0.15, -0.1) is 22.9 Å². The minimum absolute atomic E-state index is 0.0471. The van der Waals surface area contributed by atoms with Crippen molar-refractivity contribution >= 4 is 22.9 Å². The first-order chi connectivity index (χ1) is 4.74. The van der Waals surface area contributed by atoms with Crippen LogP contribution in [0.2, 0.25) is 0 Å². The van der Waals surface area contributed by atoms with Crippen LogP contribution < -0.4 is 0 Å². The van der Waals surface area contributed by atoms with Crippen LogP contribution in [0.3, 0.4) is 0 Å². The van der Waals surface area contributed by atoms with Gasteiger partial charge in [-0.05, 0) is 6.92 Å². The minimum atomic E-state index is -0.335. The van der Waals surface area contributed by atoms with Crippen LogP contribution in [0.15, 0.2) is 6.20 Å². The molecule has 0 bridgehead atoms. The van der Waals surface area contributed by atoms with E-state index in [2.05, 4.69) is 4.98 Å². The van der Waals surface area contributed by atoms with Gasteiger partial charge in [0.2, 0.25) is 0 Å². The first-order valence-electron chi connectivity index (χ1n) is 2.91. The molecule has 10 heavy (non-hydrogen) atoms. The Hall–Kier alpha value is -0.120. The molecule has 0 aliphatic carbocycles. The highest BCUT2D eigenvalue weighted by molar-refractivity contribution is 7.11. The number of rotatable bonds is 2. The Morgan fingerprint density at radius 2 is 2.60 bits per heavy atom. The smallest absolute Gasteiger partial charge is 0.113 e. The van der Waals surface area contributed by atoms with Crippen LogP contribution in [0.5, 0.6) is 0 Å². The van der Waals surface area contributed by atoms with E-state index in [4.69, 9.17) is 16.7 Å². The number of aliphatic hydroxyl groups is 1. The van der Waals surface area contributed by atoms with Gasteiger partial charge in [-0.25, -0.2) is 4.98 Å². The normalized spacial score (nSPS) is 13.5. The molecule has 0 radical (unpaired) electrons. The summed E-state index contributed by atoms with van der Waals surface area (Å²) < 4.78 is 0. The van der Waals surface area contributed by atoms with Crippen molar-refractivity contribution in [1.29, 1.82) is 0 Å². The topological polar surface area (TPSA) is 33.1 Å². The molecule has 0 spiro atoms. The van der Waals surface area contributed by atoms with E-state index in [9.17, 15) is 0 Å². The molecule has 0 amide bonds. The largest absolute Gasteiger partial charge is 0.394 e. The number of nitrogens with zero attached hydrogens (tertiary/aromatic N) is 1. The van der Waals surface area contributed by atoms with E-state index in [1.807, 2.05) is 6.92 Å². The molecule has 0 aliphatic rings. The highest BCUT2D eigenvalue weighted by Crippen LogP contribution is 2.23. The lowest BCUT2D eigenvalue weighted by Crippen LogP contribution is -1.93. The average Bonchev–Trinajstić information content (AvgIpc) is 2.34. The zero-order valence-electron chi connectivity index (χ0n) is 5.54. The lowest BCUT2D eigenvalue weighted by Gasteiger charge is -1.97. The zero-order valence-corrected chi connectivity index (χ0v) is 7.11. The Kier molecular flexibility index (Phi) is 2.65. The van der Waals surface area contributed by atoms with Crippen LogP contribution in [0, 0.1) is 6.92 Å². The molecule has 1 rings (SSSR count). The number of halogens is 1. The number of hydrogen-bond donors (Lipinski definition) is 1. The van der Waals surface area contributed by atoms with E-state index in [0.717, 1.165) is 9.88 Å². The van der Waals surface area contributed by atoms with Gasteiger partial charge in [0.15, 0.2) is 0 Å². The molecule has 56 valence electrons. The van der Waals surface area contributed by atoms with Crippen molar-refractivity contribution in [2.75, 3.05) is 6.61 Å². The zero-order chi connectivity index (χ0) is 7.56. The number of alkyl halides is 1. The van der Waals surface area contributed by atoms with E-state index in [1.165, 1.54) is 11.3 Å². The molecule has 0 saturated heterocycles. The molecule has 0 saturated carbocycles. The predicted octanol–water partition coefficient (Wildman–Crippen LogP) is 1.72. The first kappa shape index (κ1) is 7.98. The van der Waals surface area contributed by atoms with Crippen molar-refractivity contribution in [1.82, 2.24) is 4.98 Å². The second kappa shape index (κ2) is 3.32. The van der Waals surface area contributed by atoms with E-state index >= 15 is 0 Å². The molecular weight excluding hydrogens is 170 g/mol. The predicted molar refractivity (Wildman–Crippen MR) is 42.5 cm³/mol. The third-order valence-electron chi connectivity index (χ3n) is 1.07. The summed E-state index contributed by atoms with van der Waals surface area (Å²) in [5.41, 5.74) is 0. The van der Waals surface area contributed by atoms with Gasteiger partial charge in [0.05, 0.1) is 6.61 Å². The number of aryl methyl sites for hydroxylation is 1. The van der Waals surface area contributed by atoms with Crippen LogP contribution in [0.4, 0.5) is 0 Å². The van der Waals surface area contributed by atoms with Gasteiger partial charge in [0.1, 0.15) is 10.4 Å². The lowest BCUT2D eigenvalue weighted by atomic mass is 10.5. The van der Waals surface area contributed by atoms with Crippen LogP contribution in [0.1, 0.15) is 15.3 Å². The van der Waals surface area contributed by atoms with E-state index in [1.54, 1.807) is 6.20 Å². The van der Waals surface area contributed by atoms with E-state index < -0.39 is 0 Å². The second-order valence-corrected chi connectivity index (χ2v) is 3.75. The molecule has 1 heterocycles. The molecule has 1 aromatic heterocycles. The molecule has 0 aromatic carbocycles. The summed E-state index contributed by atoms with van der Waals surface area (Å²) in [5.74, 6) is 0. The van der Waals surface area contributed by atoms with Crippen LogP contribution >= 0.6 is 22.9 Å². The molecule has 1 aromatic rings. The summed E-state index contributed by atoms with van der Waals surface area (Å²) in [7, 11) is 0. The number of aromatic nitrogens is 1. The maximum atomic E-state index is 8.63. The Labute approximate surface area is 68.5 Å². The van der Waals surface area contributed by atoms with Gasteiger partial charge in [0.25, 0.3) is 0 Å². The van der Waals surface area contributed by atoms with Crippen molar-refractivity contribution in [3.8, 4) is 0 Å². The third kappa shape index (κ3) is 1.68. The van der Waals surface area contributed by atoms with Crippen LogP contribution in [-0.4, -0.2) is 16.7 Å². The van der Waals surface area contributed by atoms with Gasteiger partial charge in [-0.2, -0.15) is 0 Å². The first-order valence-corrected chi connectivity index (χ1v) is 4.16. The van der Waals surface area contributed by atoms with Crippen molar-refractivity contribution < 1.29 is 5.11 Å². The van der Waals surface area contributed by atoms with Crippen molar-refractivity contribution in [2.45, 2.75) is 12.3 Å². The summed E-state index contributed by atoms with van der Waals surface area (Å²) in [6.07, 6.45) is 1.76. The highest BCUT2D eigenvalue weighted by Gasteiger charge is 2.08. The highest BCUT2D eigenvalue weighted by atomic mass is 35.5. The van der Waals surface area contributed by atoms with Gasteiger partial charge >= 0.3 is 0 Å². The number of aliphatic hydroxyl groups excluding tert-OH is 1. The molecule has 1 N–H and O–H groups in total.